The smallest absolute Gasteiger partial charge is 0.328 e. The molecular formula is C16H14O2. The number of carbonyl (C=O) groups is 1. The Bertz CT molecular complexity index is 580. The highest BCUT2D eigenvalue weighted by atomic mass is 16.4. The molecule has 0 saturated heterocycles. The number of carboxylic acid groups (broad SMARTS) is 1. The average molecular weight is 238 g/mol. The van der Waals surface area contributed by atoms with Crippen molar-refractivity contribution in [1.82, 2.24) is 0 Å². The molecule has 0 atom stereocenters. The van der Waals surface area contributed by atoms with Crippen LogP contribution in [0.3, 0.4) is 0 Å². The van der Waals surface area contributed by atoms with Gasteiger partial charge in [-0.25, -0.2) is 4.79 Å². The maximum absolute atomic E-state index is 10.5. The van der Waals surface area contributed by atoms with Crippen molar-refractivity contribution in [2.24, 2.45) is 0 Å². The number of hydrogen-bond acceptors (Lipinski definition) is 1. The van der Waals surface area contributed by atoms with Gasteiger partial charge in [-0.05, 0) is 35.8 Å². The molecule has 0 aliphatic heterocycles. The lowest BCUT2D eigenvalue weighted by Gasteiger charge is -2.03. The van der Waals surface area contributed by atoms with Crippen LogP contribution in [0.15, 0.2) is 54.6 Å². The molecule has 1 N–H and O–H groups in total. The quantitative estimate of drug-likeness (QED) is 0.827. The summed E-state index contributed by atoms with van der Waals surface area (Å²) in [6, 6.07) is 16.1. The maximum Gasteiger partial charge on any atom is 0.328 e. The lowest BCUT2D eigenvalue weighted by Crippen LogP contribution is -1.86. The summed E-state index contributed by atoms with van der Waals surface area (Å²) in [5.41, 5.74) is 4.32. The molecule has 90 valence electrons. The van der Waals surface area contributed by atoms with E-state index in [4.69, 9.17) is 5.11 Å². The lowest BCUT2D eigenvalue weighted by molar-refractivity contribution is -0.131. The van der Waals surface area contributed by atoms with Gasteiger partial charge in [0.1, 0.15) is 0 Å². The molecule has 18 heavy (non-hydrogen) atoms. The first-order chi connectivity index (χ1) is 8.65. The normalized spacial score (nSPS) is 10.7. The van der Waals surface area contributed by atoms with E-state index in [0.717, 1.165) is 22.8 Å². The Morgan fingerprint density at radius 2 is 1.78 bits per heavy atom. The Morgan fingerprint density at radius 3 is 2.44 bits per heavy atom. The molecule has 0 aromatic heterocycles. The van der Waals surface area contributed by atoms with E-state index >= 15 is 0 Å². The zero-order valence-electron chi connectivity index (χ0n) is 10.1. The van der Waals surface area contributed by atoms with Gasteiger partial charge in [-0.1, -0.05) is 48.0 Å². The Balaban J connectivity index is 2.32. The highest BCUT2D eigenvalue weighted by molar-refractivity contribution is 5.85. The third-order valence-electron chi connectivity index (χ3n) is 2.69. The molecule has 0 spiro atoms. The van der Waals surface area contributed by atoms with Gasteiger partial charge < -0.3 is 5.11 Å². The second-order valence-corrected chi connectivity index (χ2v) is 4.16. The molecule has 2 heteroatoms. The lowest BCUT2D eigenvalue weighted by atomic mass is 10.0. The Labute approximate surface area is 106 Å². The summed E-state index contributed by atoms with van der Waals surface area (Å²) >= 11 is 0. The van der Waals surface area contributed by atoms with E-state index in [1.807, 2.05) is 24.3 Å². The highest BCUT2D eigenvalue weighted by Crippen LogP contribution is 2.21. The van der Waals surface area contributed by atoms with Gasteiger partial charge >= 0.3 is 5.97 Å². The minimum Gasteiger partial charge on any atom is -0.478 e. The molecule has 0 bridgehead atoms. The first kappa shape index (κ1) is 12.1. The number of carboxylic acids is 1. The molecule has 0 saturated carbocycles. The minimum absolute atomic E-state index is 0.885. The summed E-state index contributed by atoms with van der Waals surface area (Å²) in [4.78, 5) is 10.5. The Hall–Kier alpha value is -2.35. The van der Waals surface area contributed by atoms with Crippen LogP contribution in [0, 0.1) is 6.92 Å². The van der Waals surface area contributed by atoms with E-state index in [0.29, 0.717) is 0 Å². The van der Waals surface area contributed by atoms with E-state index in [1.54, 1.807) is 6.08 Å². The van der Waals surface area contributed by atoms with Gasteiger partial charge in [-0.3, -0.25) is 0 Å². The molecule has 0 unspecified atom stereocenters. The van der Waals surface area contributed by atoms with Crippen molar-refractivity contribution in [1.29, 1.82) is 0 Å². The van der Waals surface area contributed by atoms with Crippen LogP contribution in [-0.2, 0) is 4.79 Å². The second-order valence-electron chi connectivity index (χ2n) is 4.16. The predicted molar refractivity (Wildman–Crippen MR) is 73.3 cm³/mol. The number of benzene rings is 2. The van der Waals surface area contributed by atoms with E-state index in [-0.39, 0.29) is 0 Å². The van der Waals surface area contributed by atoms with Crippen molar-refractivity contribution in [3.63, 3.8) is 0 Å². The molecule has 0 radical (unpaired) electrons. The van der Waals surface area contributed by atoms with Crippen LogP contribution in [-0.4, -0.2) is 11.1 Å². The summed E-state index contributed by atoms with van der Waals surface area (Å²) in [5.74, 6) is -0.935. The first-order valence-electron chi connectivity index (χ1n) is 5.73. The fourth-order valence-electron chi connectivity index (χ4n) is 1.74. The minimum atomic E-state index is -0.935. The van der Waals surface area contributed by atoms with Crippen LogP contribution < -0.4 is 0 Å². The monoisotopic (exact) mass is 238 g/mol. The predicted octanol–water partition coefficient (Wildman–Crippen LogP) is 3.76. The molecular weight excluding hydrogens is 224 g/mol. The number of aryl methyl sites for hydroxylation is 1. The number of rotatable bonds is 3. The highest BCUT2D eigenvalue weighted by Gasteiger charge is 1.98. The molecule has 0 aliphatic rings. The second kappa shape index (κ2) is 5.32. The van der Waals surface area contributed by atoms with Gasteiger partial charge in [-0.15, -0.1) is 0 Å². The summed E-state index contributed by atoms with van der Waals surface area (Å²) in [5, 5.41) is 8.60. The van der Waals surface area contributed by atoms with Crippen molar-refractivity contribution in [3.05, 3.63) is 65.7 Å². The van der Waals surface area contributed by atoms with E-state index in [1.165, 1.54) is 5.56 Å². The van der Waals surface area contributed by atoms with Gasteiger partial charge in [0.05, 0.1) is 0 Å². The van der Waals surface area contributed by atoms with Crippen molar-refractivity contribution in [3.8, 4) is 11.1 Å². The standard InChI is InChI=1S/C16H14O2/c1-12-5-8-14(9-6-12)15-4-2-3-13(11-15)7-10-16(17)18/h2-11H,1H3,(H,17,18). The molecule has 0 fully saturated rings. The van der Waals surface area contributed by atoms with Crippen LogP contribution in [0.5, 0.6) is 0 Å². The summed E-state index contributed by atoms with van der Waals surface area (Å²) in [7, 11) is 0. The van der Waals surface area contributed by atoms with Gasteiger partial charge in [-0.2, -0.15) is 0 Å². The van der Waals surface area contributed by atoms with Gasteiger partial charge in [0.15, 0.2) is 0 Å². The molecule has 0 amide bonds. The summed E-state index contributed by atoms with van der Waals surface area (Å²) in [6.45, 7) is 2.05. The molecule has 2 aromatic rings. The van der Waals surface area contributed by atoms with E-state index in [9.17, 15) is 4.79 Å². The third-order valence-corrected chi connectivity index (χ3v) is 2.69. The topological polar surface area (TPSA) is 37.3 Å². The summed E-state index contributed by atoms with van der Waals surface area (Å²) in [6.07, 6.45) is 2.74. The van der Waals surface area contributed by atoms with Gasteiger partial charge in [0, 0.05) is 6.08 Å². The first-order valence-corrected chi connectivity index (χ1v) is 5.73. The molecule has 2 aromatic carbocycles. The molecule has 0 heterocycles. The molecule has 2 nitrogen and oxygen atoms in total. The fourth-order valence-corrected chi connectivity index (χ4v) is 1.74. The van der Waals surface area contributed by atoms with Gasteiger partial charge in [0.25, 0.3) is 0 Å². The maximum atomic E-state index is 10.5. The van der Waals surface area contributed by atoms with Crippen LogP contribution in [0.1, 0.15) is 11.1 Å². The zero-order valence-corrected chi connectivity index (χ0v) is 10.1. The molecule has 2 rings (SSSR count). The van der Waals surface area contributed by atoms with Crippen molar-refractivity contribution in [2.45, 2.75) is 6.92 Å². The van der Waals surface area contributed by atoms with Gasteiger partial charge in [0.2, 0.25) is 0 Å². The number of aliphatic carboxylic acids is 1. The summed E-state index contributed by atoms with van der Waals surface area (Å²) < 4.78 is 0. The fraction of sp³-hybridized carbons (Fsp3) is 0.0625. The van der Waals surface area contributed by atoms with Crippen LogP contribution in [0.25, 0.3) is 17.2 Å². The molecule has 0 aliphatic carbocycles. The van der Waals surface area contributed by atoms with E-state index in [2.05, 4.69) is 31.2 Å². The van der Waals surface area contributed by atoms with Crippen LogP contribution in [0.4, 0.5) is 0 Å². The van der Waals surface area contributed by atoms with Crippen molar-refractivity contribution >= 4 is 12.0 Å². The number of hydrogen-bond donors (Lipinski definition) is 1. The Kier molecular flexibility index (Phi) is 3.58. The van der Waals surface area contributed by atoms with Crippen LogP contribution >= 0.6 is 0 Å². The SMILES string of the molecule is Cc1ccc(-c2cccc(C=CC(=O)O)c2)cc1. The largest absolute Gasteiger partial charge is 0.478 e. The van der Waals surface area contributed by atoms with Crippen molar-refractivity contribution < 1.29 is 9.90 Å². The average Bonchev–Trinajstić information content (AvgIpc) is 2.37. The van der Waals surface area contributed by atoms with E-state index < -0.39 is 5.97 Å². The zero-order chi connectivity index (χ0) is 13.0. The van der Waals surface area contributed by atoms with Crippen molar-refractivity contribution in [2.75, 3.05) is 0 Å². The van der Waals surface area contributed by atoms with Crippen LogP contribution in [0.2, 0.25) is 0 Å². The Morgan fingerprint density at radius 1 is 1.06 bits per heavy atom. The third kappa shape index (κ3) is 3.08.